The zero-order chi connectivity index (χ0) is 18.8. The van der Waals surface area contributed by atoms with E-state index in [9.17, 15) is 4.79 Å². The van der Waals surface area contributed by atoms with Gasteiger partial charge in [0.15, 0.2) is 5.78 Å². The van der Waals surface area contributed by atoms with Gasteiger partial charge in [-0.25, -0.2) is 0 Å². The van der Waals surface area contributed by atoms with E-state index in [1.807, 2.05) is 33.5 Å². The minimum atomic E-state index is -0.0829. The summed E-state index contributed by atoms with van der Waals surface area (Å²) in [5.41, 5.74) is 6.67. The molecule has 0 bridgehead atoms. The molecule has 134 valence electrons. The summed E-state index contributed by atoms with van der Waals surface area (Å²) in [5.74, 6) is 0.141. The van der Waals surface area contributed by atoms with Crippen LogP contribution in [0.5, 0.6) is 0 Å². The first-order valence-corrected chi connectivity index (χ1v) is 8.94. The molecule has 1 aromatic carbocycles. The first kappa shape index (κ1) is 19.2. The Hall–Kier alpha value is -2.13. The number of quaternary nitrogens is 1. The van der Waals surface area contributed by atoms with Crippen LogP contribution in [-0.2, 0) is 10.2 Å². The quantitative estimate of drug-likeness (QED) is 0.899. The summed E-state index contributed by atoms with van der Waals surface area (Å²) >= 11 is 0. The second-order valence-electron chi connectivity index (χ2n) is 7.43. The molecule has 3 heteroatoms. The average molecular weight is 340 g/mol. The van der Waals surface area contributed by atoms with Crippen LogP contribution in [0.1, 0.15) is 38.3 Å². The molecule has 0 aliphatic heterocycles. The summed E-state index contributed by atoms with van der Waals surface area (Å²) in [6.45, 7) is 6.19. The highest BCUT2D eigenvalue weighted by atomic mass is 16.1. The van der Waals surface area contributed by atoms with Crippen molar-refractivity contribution in [3.8, 4) is 0 Å². The molecule has 0 heterocycles. The Kier molecular flexibility index (Phi) is 5.69. The van der Waals surface area contributed by atoms with E-state index in [1.165, 1.54) is 16.8 Å². The molecular weight excluding hydrogens is 308 g/mol. The van der Waals surface area contributed by atoms with E-state index < -0.39 is 0 Å². The number of nitrogens with zero attached hydrogens (tertiary/aromatic N) is 1. The van der Waals surface area contributed by atoms with Crippen molar-refractivity contribution in [2.45, 2.75) is 32.6 Å². The van der Waals surface area contributed by atoms with Crippen molar-refractivity contribution in [1.29, 1.82) is 0 Å². The average Bonchev–Trinajstić information content (AvgIpc) is 2.55. The van der Waals surface area contributed by atoms with Gasteiger partial charge in [-0.05, 0) is 47.8 Å². The molecule has 0 saturated heterocycles. The second kappa shape index (κ2) is 7.40. The summed E-state index contributed by atoms with van der Waals surface area (Å²) in [7, 11) is 8.10. The van der Waals surface area contributed by atoms with Crippen LogP contribution >= 0.6 is 0 Å². The fourth-order valence-electron chi connectivity index (χ4n) is 3.60. The van der Waals surface area contributed by atoms with Gasteiger partial charge in [0.2, 0.25) is 0 Å². The van der Waals surface area contributed by atoms with E-state index in [2.05, 4.69) is 55.2 Å². The summed E-state index contributed by atoms with van der Waals surface area (Å²) in [6.07, 6.45) is 7.47. The van der Waals surface area contributed by atoms with Gasteiger partial charge in [-0.15, -0.1) is 0 Å². The van der Waals surface area contributed by atoms with Gasteiger partial charge < -0.3 is 10.2 Å². The third-order valence-electron chi connectivity index (χ3n) is 4.79. The molecule has 0 unspecified atom stereocenters. The van der Waals surface area contributed by atoms with Gasteiger partial charge >= 0.3 is 0 Å². The van der Waals surface area contributed by atoms with Crippen molar-refractivity contribution in [3.05, 3.63) is 58.7 Å². The molecule has 3 rings (SSSR count). The van der Waals surface area contributed by atoms with E-state index in [1.54, 1.807) is 6.92 Å². The van der Waals surface area contributed by atoms with Crippen molar-refractivity contribution < 1.29 is 10.1 Å². The molecule has 2 N–H and O–H groups in total. The smallest absolute Gasteiger partial charge is 0.161 e. The Morgan fingerprint density at radius 1 is 1.20 bits per heavy atom. The van der Waals surface area contributed by atoms with Crippen molar-refractivity contribution in [1.82, 2.24) is 0 Å². The van der Waals surface area contributed by atoms with Gasteiger partial charge in [-0.1, -0.05) is 38.1 Å². The van der Waals surface area contributed by atoms with Crippen molar-refractivity contribution in [2.24, 2.45) is 0 Å². The number of hydrogen-bond donors (Lipinski definition) is 1. The predicted octanol–water partition coefficient (Wildman–Crippen LogP) is 3.08. The summed E-state index contributed by atoms with van der Waals surface area (Å²) in [5, 5.41) is 2.00. The van der Waals surface area contributed by atoms with E-state index in [0.29, 0.717) is 0 Å². The largest absolute Gasteiger partial charge is 0.378 e. The number of anilines is 1. The third kappa shape index (κ3) is 3.47. The first-order chi connectivity index (χ1) is 11.8. The number of nitrogens with two attached hydrogens (primary N) is 1. The predicted molar refractivity (Wildman–Crippen MR) is 107 cm³/mol. The van der Waals surface area contributed by atoms with Crippen LogP contribution in [0, 0.1) is 0 Å². The molecule has 3 nitrogen and oxygen atoms in total. The van der Waals surface area contributed by atoms with Crippen molar-refractivity contribution in [3.63, 3.8) is 0 Å². The fraction of sp³-hybridized carbons (Fsp3) is 0.409. The molecule has 0 aromatic heterocycles. The van der Waals surface area contributed by atoms with Gasteiger partial charge in [0.25, 0.3) is 0 Å². The van der Waals surface area contributed by atoms with E-state index in [-0.39, 0.29) is 11.2 Å². The highest BCUT2D eigenvalue weighted by Gasteiger charge is 2.37. The Balaban J connectivity index is 0.000000701. The number of carbonyl (C=O) groups excluding carboxylic acids is 1. The Labute approximate surface area is 152 Å². The van der Waals surface area contributed by atoms with Gasteiger partial charge in [-0.3, -0.25) is 4.79 Å². The van der Waals surface area contributed by atoms with Crippen molar-refractivity contribution in [2.75, 3.05) is 33.1 Å². The molecule has 0 saturated carbocycles. The molecular formula is C22H31N2O+. The number of hydrogen-bond acceptors (Lipinski definition) is 2. The van der Waals surface area contributed by atoms with Crippen molar-refractivity contribution >= 4 is 17.0 Å². The molecule has 0 spiro atoms. The summed E-state index contributed by atoms with van der Waals surface area (Å²) in [4.78, 5) is 14.4. The number of carbonyl (C=O) groups is 1. The second-order valence-corrected chi connectivity index (χ2v) is 7.43. The van der Waals surface area contributed by atoms with E-state index in [4.69, 9.17) is 0 Å². The topological polar surface area (TPSA) is 36.9 Å². The van der Waals surface area contributed by atoms with Gasteiger partial charge in [0.05, 0.1) is 14.1 Å². The van der Waals surface area contributed by atoms with Crippen LogP contribution in [0.3, 0.4) is 0 Å². The Morgan fingerprint density at radius 2 is 1.84 bits per heavy atom. The van der Waals surface area contributed by atoms with Gasteiger partial charge in [0.1, 0.15) is 0 Å². The zero-order valence-corrected chi connectivity index (χ0v) is 16.6. The molecule has 2 aliphatic rings. The number of benzene rings is 1. The van der Waals surface area contributed by atoms with Crippen LogP contribution in [0.4, 0.5) is 5.69 Å². The fourth-order valence-corrected chi connectivity index (χ4v) is 3.60. The number of fused-ring (bicyclic) bond motifs is 2. The number of rotatable bonds is 2. The maximum atomic E-state index is 12.3. The first-order valence-electron chi connectivity index (χ1n) is 8.94. The highest BCUT2D eigenvalue weighted by molar-refractivity contribution is 6.23. The molecule has 1 aromatic rings. The standard InChI is InChI=1S/C20H23NO.C2H7N/c1-13(22)19-15-8-6-7-9-17(15)20(2,3)18-12-14(21(4)5)10-11-16(18)19;1-3-2/h6,8-12H,7H2,1-5H3;3H,1-2H3/p+1. The van der Waals surface area contributed by atoms with Crippen LogP contribution in [0.15, 0.2) is 47.6 Å². The van der Waals surface area contributed by atoms with Gasteiger partial charge in [0, 0.05) is 30.8 Å². The molecule has 2 aliphatic carbocycles. The summed E-state index contributed by atoms with van der Waals surface area (Å²) in [6, 6.07) is 6.43. The Bertz CT molecular complexity index is 764. The van der Waals surface area contributed by atoms with Crippen LogP contribution in [-0.4, -0.2) is 34.0 Å². The van der Waals surface area contributed by atoms with Crippen LogP contribution in [0.2, 0.25) is 0 Å². The number of Topliss-reactive ketones (excluding diaryl/α,β-unsaturated/α-hetero) is 1. The maximum Gasteiger partial charge on any atom is 0.161 e. The molecule has 25 heavy (non-hydrogen) atoms. The minimum Gasteiger partial charge on any atom is -0.378 e. The number of ketones is 1. The molecule has 0 atom stereocenters. The third-order valence-corrected chi connectivity index (χ3v) is 4.79. The monoisotopic (exact) mass is 339 g/mol. The normalized spacial score (nSPS) is 17.0. The SMILES string of the molecule is CC(=O)C1=C2C=CCC=C2C(C)(C)c2cc(N(C)C)ccc21.C[NH2+]C. The lowest BCUT2D eigenvalue weighted by molar-refractivity contribution is -0.597. The number of allylic oxidation sites excluding steroid dienone is 6. The summed E-state index contributed by atoms with van der Waals surface area (Å²) < 4.78 is 0. The maximum absolute atomic E-state index is 12.3. The minimum absolute atomic E-state index is 0.0829. The van der Waals surface area contributed by atoms with E-state index in [0.717, 1.165) is 23.1 Å². The van der Waals surface area contributed by atoms with E-state index >= 15 is 0 Å². The lowest BCUT2D eigenvalue weighted by Crippen LogP contribution is -2.74. The van der Waals surface area contributed by atoms with Gasteiger partial charge in [-0.2, -0.15) is 0 Å². The lowest BCUT2D eigenvalue weighted by Gasteiger charge is -2.39. The molecule has 0 amide bonds. The molecule has 0 fully saturated rings. The highest BCUT2D eigenvalue weighted by Crippen LogP contribution is 2.49. The van der Waals surface area contributed by atoms with Crippen LogP contribution < -0.4 is 10.2 Å². The van der Waals surface area contributed by atoms with Crippen LogP contribution in [0.25, 0.3) is 5.57 Å². The Morgan fingerprint density at radius 3 is 2.40 bits per heavy atom. The molecule has 0 radical (unpaired) electrons. The zero-order valence-electron chi connectivity index (χ0n) is 16.6. The lowest BCUT2D eigenvalue weighted by atomic mass is 9.65.